The largest absolute Gasteiger partial charge is 0.488 e. The van der Waals surface area contributed by atoms with Crippen molar-refractivity contribution in [2.75, 3.05) is 11.9 Å². The third-order valence-corrected chi connectivity index (χ3v) is 6.13. The second-order valence-corrected chi connectivity index (χ2v) is 9.27. The van der Waals surface area contributed by atoms with Crippen molar-refractivity contribution in [3.8, 4) is 5.75 Å². The third-order valence-electron chi connectivity index (χ3n) is 6.13. The number of carbonyl (C=O) groups is 4. The first-order chi connectivity index (χ1) is 19.0. The number of unbranched alkanes of at least 4 members (excludes halogenated alkanes) is 1. The summed E-state index contributed by atoms with van der Waals surface area (Å²) < 4.78 is 5.95. The van der Waals surface area contributed by atoms with Crippen molar-refractivity contribution < 1.29 is 29.0 Å². The molecule has 0 spiro atoms. The molecule has 4 amide bonds. The smallest absolute Gasteiger partial charge is 0.255 e. The van der Waals surface area contributed by atoms with Gasteiger partial charge in [0.2, 0.25) is 17.7 Å². The topological polar surface area (TPSA) is 250 Å². The maximum Gasteiger partial charge on any atom is 0.255 e. The van der Waals surface area contributed by atoms with Crippen molar-refractivity contribution in [1.29, 1.82) is 0 Å². The summed E-state index contributed by atoms with van der Waals surface area (Å²) in [6.07, 6.45) is -0.00886. The van der Waals surface area contributed by atoms with Crippen LogP contribution in [-0.2, 0) is 16.2 Å². The van der Waals surface area contributed by atoms with Gasteiger partial charge in [-0.05, 0) is 63.1 Å². The number of carbonyl (C=O) groups excluding carboxylic acids is 4. The number of hydrogen-bond acceptors (Lipinski definition) is 8. The Hall–Kier alpha value is -4.69. The minimum atomic E-state index is -1.39. The molecular weight excluding hydrogens is 520 g/mol. The number of rotatable bonds is 7. The fraction of sp³-hybridized carbons (Fsp3) is 0.346. The van der Waals surface area contributed by atoms with Crippen LogP contribution in [0.5, 0.6) is 5.75 Å². The summed E-state index contributed by atoms with van der Waals surface area (Å²) >= 11 is 0. The molecule has 3 rings (SSSR count). The van der Waals surface area contributed by atoms with Gasteiger partial charge in [0.25, 0.3) is 5.91 Å². The average Bonchev–Trinajstić information content (AvgIpc) is 2.89. The maximum atomic E-state index is 13.5. The Morgan fingerprint density at radius 1 is 1.07 bits per heavy atom. The van der Waals surface area contributed by atoms with Crippen LogP contribution in [0, 0.1) is 0 Å². The Bertz CT molecular complexity index is 1310. The van der Waals surface area contributed by atoms with E-state index in [9.17, 15) is 24.3 Å². The van der Waals surface area contributed by atoms with E-state index in [1.807, 2.05) is 0 Å². The molecule has 1 aliphatic heterocycles. The molecule has 0 bridgehead atoms. The van der Waals surface area contributed by atoms with Crippen LogP contribution in [0.4, 0.5) is 11.4 Å². The van der Waals surface area contributed by atoms with Crippen LogP contribution in [0.15, 0.2) is 41.4 Å². The first kappa shape index (κ1) is 29.9. The molecule has 40 heavy (non-hydrogen) atoms. The van der Waals surface area contributed by atoms with Crippen LogP contribution in [0.2, 0.25) is 0 Å². The van der Waals surface area contributed by atoms with Crippen LogP contribution in [0.3, 0.4) is 0 Å². The van der Waals surface area contributed by atoms with E-state index in [0.717, 1.165) is 0 Å². The van der Waals surface area contributed by atoms with Gasteiger partial charge in [0.05, 0.1) is 17.4 Å². The van der Waals surface area contributed by atoms with E-state index in [0.29, 0.717) is 24.9 Å². The predicted octanol–water partition coefficient (Wildman–Crippen LogP) is -0.685. The molecule has 214 valence electrons. The summed E-state index contributed by atoms with van der Waals surface area (Å²) in [4.78, 5) is 55.7. The minimum Gasteiger partial charge on any atom is -0.488 e. The van der Waals surface area contributed by atoms with Crippen molar-refractivity contribution in [3.63, 3.8) is 0 Å². The fourth-order valence-electron chi connectivity index (χ4n) is 4.03. The Morgan fingerprint density at radius 2 is 1.82 bits per heavy atom. The van der Waals surface area contributed by atoms with Gasteiger partial charge < -0.3 is 48.7 Å². The minimum absolute atomic E-state index is 0.0441. The highest BCUT2D eigenvalue weighted by Crippen LogP contribution is 2.28. The number of nitrogens with zero attached hydrogens (tertiary/aromatic N) is 1. The lowest BCUT2D eigenvalue weighted by Crippen LogP contribution is -2.56. The van der Waals surface area contributed by atoms with Crippen molar-refractivity contribution in [2.45, 2.75) is 51.0 Å². The van der Waals surface area contributed by atoms with E-state index in [1.165, 1.54) is 43.3 Å². The number of amides is 4. The van der Waals surface area contributed by atoms with Crippen LogP contribution >= 0.6 is 0 Å². The van der Waals surface area contributed by atoms with Gasteiger partial charge >= 0.3 is 0 Å². The van der Waals surface area contributed by atoms with Gasteiger partial charge in [0.1, 0.15) is 24.4 Å². The molecule has 0 saturated carbocycles. The predicted molar refractivity (Wildman–Crippen MR) is 148 cm³/mol. The number of nitrogens with two attached hydrogens (primary N) is 4. The van der Waals surface area contributed by atoms with Gasteiger partial charge in [-0.3, -0.25) is 19.2 Å². The van der Waals surface area contributed by atoms with Crippen molar-refractivity contribution in [1.82, 2.24) is 10.6 Å². The van der Waals surface area contributed by atoms with Crippen LogP contribution < -0.4 is 43.6 Å². The number of aliphatic hydroxyl groups excluding tert-OH is 1. The number of aliphatic imine (C=N–C) groups is 1. The van der Waals surface area contributed by atoms with E-state index in [-0.39, 0.29) is 47.2 Å². The molecule has 2 aromatic rings. The molecule has 2 aromatic carbocycles. The zero-order chi connectivity index (χ0) is 29.4. The monoisotopic (exact) mass is 554 g/mol. The second-order valence-electron chi connectivity index (χ2n) is 9.27. The first-order valence-corrected chi connectivity index (χ1v) is 12.6. The number of guanidine groups is 1. The quantitative estimate of drug-likeness (QED) is 0.122. The molecule has 1 aliphatic rings. The normalized spacial score (nSPS) is 18.4. The van der Waals surface area contributed by atoms with Crippen molar-refractivity contribution in [3.05, 3.63) is 53.1 Å². The molecule has 1 heterocycles. The number of ether oxygens (including phenoxy) is 1. The van der Waals surface area contributed by atoms with E-state index in [2.05, 4.69) is 20.9 Å². The van der Waals surface area contributed by atoms with Crippen LogP contribution in [0.1, 0.15) is 52.5 Å². The molecular formula is C26H34N8O6. The Morgan fingerprint density at radius 3 is 2.48 bits per heavy atom. The first-order valence-electron chi connectivity index (χ1n) is 12.6. The summed E-state index contributed by atoms with van der Waals surface area (Å²) in [5.41, 5.74) is 23.0. The highest BCUT2D eigenvalue weighted by Gasteiger charge is 2.31. The molecule has 14 heteroatoms. The lowest BCUT2D eigenvalue weighted by molar-refractivity contribution is -0.130. The summed E-state index contributed by atoms with van der Waals surface area (Å²) in [7, 11) is 0. The standard InChI is InChI=1S/C26H34N8O6/c1-13(35)21-25(39)33-19-10-14(22(28)36)5-6-15(19)12-40-20-8-7-16(31-26(29)30)11-17(20)23(37)32-18(24(38)34-21)4-2-3-9-27/h5-8,10-11,13,18,21,35H,2-4,9,12,27H2,1H3,(H2,28,36)(H,32,37)(H,33,39)(H,34,38)(H4,29,30,31)/t13?,18?,21-/m0/s1. The number of hydrogen-bond donors (Lipinski definition) is 8. The van der Waals surface area contributed by atoms with E-state index < -0.39 is 41.8 Å². The molecule has 0 radical (unpaired) electrons. The number of aliphatic hydroxyl groups is 1. The SMILES string of the molecule is CC(O)[C@@H]1NC(=O)C(CCCCN)NC(=O)c2cc(N=C(N)N)ccc2OCc2ccc(C(N)=O)cc2NC1=O. The summed E-state index contributed by atoms with van der Waals surface area (Å²) in [5, 5.41) is 18.2. The van der Waals surface area contributed by atoms with Gasteiger partial charge in [-0.1, -0.05) is 6.07 Å². The van der Waals surface area contributed by atoms with Gasteiger partial charge in [-0.2, -0.15) is 0 Å². The maximum absolute atomic E-state index is 13.5. The number of primary amides is 1. The van der Waals surface area contributed by atoms with Gasteiger partial charge in [-0.15, -0.1) is 0 Å². The number of anilines is 1. The highest BCUT2D eigenvalue weighted by atomic mass is 16.5. The number of nitrogens with one attached hydrogen (secondary N) is 3. The fourth-order valence-corrected chi connectivity index (χ4v) is 4.03. The Kier molecular flexibility index (Phi) is 10.00. The molecule has 0 aliphatic carbocycles. The van der Waals surface area contributed by atoms with Crippen LogP contribution in [-0.4, -0.2) is 59.4 Å². The molecule has 14 nitrogen and oxygen atoms in total. The molecule has 0 aromatic heterocycles. The van der Waals surface area contributed by atoms with Gasteiger partial charge in [-0.25, -0.2) is 4.99 Å². The lowest BCUT2D eigenvalue weighted by atomic mass is 10.0. The molecule has 12 N–H and O–H groups in total. The van der Waals surface area contributed by atoms with Crippen molar-refractivity contribution in [2.24, 2.45) is 27.9 Å². The molecule has 0 saturated heterocycles. The van der Waals surface area contributed by atoms with Crippen molar-refractivity contribution >= 4 is 41.0 Å². The van der Waals surface area contributed by atoms with Gasteiger partial charge in [0.15, 0.2) is 5.96 Å². The van der Waals surface area contributed by atoms with E-state index in [1.54, 1.807) is 0 Å². The number of benzene rings is 2. The zero-order valence-corrected chi connectivity index (χ0v) is 22.0. The average molecular weight is 555 g/mol. The Labute approximate surface area is 230 Å². The molecule has 0 fully saturated rings. The van der Waals surface area contributed by atoms with Crippen LogP contribution in [0.25, 0.3) is 0 Å². The van der Waals surface area contributed by atoms with E-state index >= 15 is 0 Å². The number of fused-ring (bicyclic) bond motifs is 2. The molecule has 2 unspecified atom stereocenters. The summed E-state index contributed by atoms with van der Waals surface area (Å²) in [6, 6.07) is 6.30. The van der Waals surface area contributed by atoms with Gasteiger partial charge in [0, 0.05) is 16.8 Å². The second kappa shape index (κ2) is 13.4. The van der Waals surface area contributed by atoms with E-state index in [4.69, 9.17) is 27.7 Å². The summed E-state index contributed by atoms with van der Waals surface area (Å²) in [5.74, 6) is -2.92. The summed E-state index contributed by atoms with van der Waals surface area (Å²) in [6.45, 7) is 1.58. The zero-order valence-electron chi connectivity index (χ0n) is 22.0. The lowest BCUT2D eigenvalue weighted by Gasteiger charge is -2.26. The molecule has 3 atom stereocenters. The Balaban J connectivity index is 2.12. The third kappa shape index (κ3) is 7.68. The highest BCUT2D eigenvalue weighted by molar-refractivity contribution is 6.03.